The first-order valence-corrected chi connectivity index (χ1v) is 10.3. The molecule has 4 heterocycles. The minimum atomic E-state index is -1.50. The predicted octanol–water partition coefficient (Wildman–Crippen LogP) is 2.11. The molecular weight excluding hydrogens is 401 g/mol. The zero-order chi connectivity index (χ0) is 21.9. The fourth-order valence-corrected chi connectivity index (χ4v) is 4.57. The third-order valence-electron chi connectivity index (χ3n) is 6.21. The van der Waals surface area contributed by atoms with Crippen molar-refractivity contribution in [3.05, 3.63) is 62.2 Å². The van der Waals surface area contributed by atoms with Crippen LogP contribution in [0.25, 0.3) is 22.3 Å². The first kappa shape index (κ1) is 19.8. The highest BCUT2D eigenvalue weighted by Crippen LogP contribution is 2.38. The van der Waals surface area contributed by atoms with Gasteiger partial charge < -0.3 is 19.7 Å². The summed E-state index contributed by atoms with van der Waals surface area (Å²) in [6.07, 6.45) is 0.128. The summed E-state index contributed by atoms with van der Waals surface area (Å²) in [6, 6.07) is 4.89. The van der Waals surface area contributed by atoms with Crippen LogP contribution < -0.4 is 10.9 Å². The van der Waals surface area contributed by atoms with Gasteiger partial charge in [0, 0.05) is 22.6 Å². The van der Waals surface area contributed by atoms with Crippen LogP contribution in [0.5, 0.6) is 0 Å². The molecule has 5 rings (SSSR count). The van der Waals surface area contributed by atoms with Crippen LogP contribution in [0.4, 0.5) is 4.39 Å². The number of ether oxygens (including phenoxy) is 1. The molecule has 0 bridgehead atoms. The van der Waals surface area contributed by atoms with E-state index in [1.165, 1.54) is 6.07 Å². The second-order valence-electron chi connectivity index (χ2n) is 8.11. The number of aromatic nitrogens is 2. The lowest BCUT2D eigenvalue weighted by Gasteiger charge is -2.21. The van der Waals surface area contributed by atoms with Crippen molar-refractivity contribution >= 4 is 16.9 Å². The smallest absolute Gasteiger partial charge is 0.340 e. The summed E-state index contributed by atoms with van der Waals surface area (Å²) in [5.74, 6) is -1.10. The topological polar surface area (TPSA) is 93.5 Å². The van der Waals surface area contributed by atoms with E-state index in [9.17, 15) is 19.1 Å². The molecule has 0 fully saturated rings. The molecular formula is C23H22FN3O4. The minimum Gasteiger partial charge on any atom is -0.458 e. The van der Waals surface area contributed by atoms with E-state index in [2.05, 4.69) is 5.32 Å². The second-order valence-corrected chi connectivity index (χ2v) is 8.11. The fraction of sp³-hybridized carbons (Fsp3) is 0.348. The molecule has 0 spiro atoms. The van der Waals surface area contributed by atoms with Crippen LogP contribution in [0.1, 0.15) is 40.3 Å². The Morgan fingerprint density at radius 1 is 1.29 bits per heavy atom. The molecule has 0 aliphatic carbocycles. The number of nitrogens with one attached hydrogen (secondary N) is 1. The number of carbonyl (C=O) groups is 1. The van der Waals surface area contributed by atoms with Gasteiger partial charge in [-0.2, -0.15) is 0 Å². The third kappa shape index (κ3) is 2.97. The van der Waals surface area contributed by atoms with Gasteiger partial charge in [0.2, 0.25) is 0 Å². The van der Waals surface area contributed by atoms with Gasteiger partial charge in [0.25, 0.3) is 5.56 Å². The van der Waals surface area contributed by atoms with E-state index < -0.39 is 12.1 Å². The number of aliphatic hydroxyl groups excluding tert-OH is 1. The van der Waals surface area contributed by atoms with Crippen molar-refractivity contribution < 1.29 is 19.0 Å². The number of hydrogen-bond donors (Lipinski definition) is 2. The number of carbonyl (C=O) groups excluding carboxylic acids is 1. The van der Waals surface area contributed by atoms with Gasteiger partial charge in [0.1, 0.15) is 12.4 Å². The number of nitrogens with zero attached hydrogens (tertiary/aromatic N) is 2. The number of esters is 1. The summed E-state index contributed by atoms with van der Waals surface area (Å²) < 4.78 is 20.9. The van der Waals surface area contributed by atoms with Gasteiger partial charge in [-0.1, -0.05) is 0 Å². The monoisotopic (exact) mass is 423 g/mol. The Balaban J connectivity index is 1.76. The number of aryl methyl sites for hydroxylation is 2. The zero-order valence-electron chi connectivity index (χ0n) is 17.3. The molecule has 160 valence electrons. The molecule has 0 radical (unpaired) electrons. The molecule has 7 nitrogen and oxygen atoms in total. The van der Waals surface area contributed by atoms with Crippen molar-refractivity contribution in [2.75, 3.05) is 13.6 Å². The lowest BCUT2D eigenvalue weighted by atomic mass is 9.95. The van der Waals surface area contributed by atoms with Crippen LogP contribution in [0.2, 0.25) is 0 Å². The molecule has 3 aromatic rings. The van der Waals surface area contributed by atoms with Crippen LogP contribution >= 0.6 is 0 Å². The van der Waals surface area contributed by atoms with E-state index in [0.717, 1.165) is 35.9 Å². The highest BCUT2D eigenvalue weighted by Gasteiger charge is 2.34. The molecule has 2 aliphatic heterocycles. The van der Waals surface area contributed by atoms with Crippen LogP contribution in [0.15, 0.2) is 23.0 Å². The van der Waals surface area contributed by atoms with Gasteiger partial charge in [-0.3, -0.25) is 4.79 Å². The maximum atomic E-state index is 14.3. The Labute approximate surface area is 177 Å². The van der Waals surface area contributed by atoms with Crippen molar-refractivity contribution in [3.63, 3.8) is 0 Å². The molecule has 31 heavy (non-hydrogen) atoms. The Morgan fingerprint density at radius 3 is 2.87 bits per heavy atom. The van der Waals surface area contributed by atoms with Crippen LogP contribution in [0, 0.1) is 12.7 Å². The first-order valence-electron chi connectivity index (χ1n) is 10.3. The molecule has 1 aromatic carbocycles. The fourth-order valence-electron chi connectivity index (χ4n) is 4.57. The number of aliphatic hydroxyl groups is 1. The van der Waals surface area contributed by atoms with E-state index in [-0.39, 0.29) is 29.1 Å². The zero-order valence-corrected chi connectivity index (χ0v) is 17.3. The van der Waals surface area contributed by atoms with Gasteiger partial charge >= 0.3 is 5.97 Å². The highest BCUT2D eigenvalue weighted by molar-refractivity contribution is 5.89. The summed E-state index contributed by atoms with van der Waals surface area (Å²) in [5, 5.41) is 14.3. The van der Waals surface area contributed by atoms with Crippen LogP contribution in [-0.4, -0.2) is 34.2 Å². The first-order chi connectivity index (χ1) is 14.9. The largest absolute Gasteiger partial charge is 0.458 e. The number of fused-ring (bicyclic) bond motifs is 5. The van der Waals surface area contributed by atoms with Crippen LogP contribution in [-0.2, 0) is 29.1 Å². The van der Waals surface area contributed by atoms with Crippen molar-refractivity contribution in [2.24, 2.45) is 0 Å². The average molecular weight is 423 g/mol. The van der Waals surface area contributed by atoms with Gasteiger partial charge in [-0.25, -0.2) is 14.2 Å². The summed E-state index contributed by atoms with van der Waals surface area (Å²) in [4.78, 5) is 29.7. The number of benzene rings is 1. The number of hydrogen-bond acceptors (Lipinski definition) is 6. The molecule has 2 N–H and O–H groups in total. The van der Waals surface area contributed by atoms with E-state index in [1.54, 1.807) is 17.6 Å². The van der Waals surface area contributed by atoms with Crippen molar-refractivity contribution in [3.8, 4) is 11.4 Å². The lowest BCUT2D eigenvalue weighted by Crippen LogP contribution is -2.32. The summed E-state index contributed by atoms with van der Waals surface area (Å²) >= 11 is 0. The van der Waals surface area contributed by atoms with Gasteiger partial charge in [-0.15, -0.1) is 0 Å². The molecule has 2 aliphatic rings. The van der Waals surface area contributed by atoms with Crippen LogP contribution in [0.3, 0.4) is 0 Å². The van der Waals surface area contributed by atoms with E-state index in [1.807, 2.05) is 13.1 Å². The SMILES string of the molecule is CNCCCc1c2c(nc3cc(F)c(C)cc13)-c1cc3c(c(=O)n1C2)COC(=O)[C@H]3O. The van der Waals surface area contributed by atoms with Crippen molar-refractivity contribution in [1.82, 2.24) is 14.9 Å². The second kappa shape index (κ2) is 7.25. The maximum Gasteiger partial charge on any atom is 0.340 e. The normalized spacial score (nSPS) is 16.8. The van der Waals surface area contributed by atoms with Crippen molar-refractivity contribution in [2.45, 2.75) is 39.0 Å². The minimum absolute atomic E-state index is 0.157. The summed E-state index contributed by atoms with van der Waals surface area (Å²) in [5.41, 5.74) is 4.42. The van der Waals surface area contributed by atoms with Gasteiger partial charge in [-0.05, 0) is 56.6 Å². The van der Waals surface area contributed by atoms with Gasteiger partial charge in [0.05, 0.1) is 29.0 Å². The van der Waals surface area contributed by atoms with E-state index in [4.69, 9.17) is 9.72 Å². The number of pyridine rings is 2. The Hall–Kier alpha value is -3.10. The molecule has 0 saturated heterocycles. The number of cyclic esters (lactones) is 1. The summed E-state index contributed by atoms with van der Waals surface area (Å²) in [6.45, 7) is 2.74. The van der Waals surface area contributed by atoms with Gasteiger partial charge in [0.15, 0.2) is 6.10 Å². The predicted molar refractivity (Wildman–Crippen MR) is 112 cm³/mol. The van der Waals surface area contributed by atoms with E-state index in [0.29, 0.717) is 29.0 Å². The quantitative estimate of drug-likeness (QED) is 0.386. The lowest BCUT2D eigenvalue weighted by molar-refractivity contribution is -0.157. The molecule has 8 heteroatoms. The Kier molecular flexibility index (Phi) is 4.64. The average Bonchev–Trinajstić information content (AvgIpc) is 3.11. The van der Waals surface area contributed by atoms with E-state index >= 15 is 0 Å². The molecule has 0 amide bonds. The highest BCUT2D eigenvalue weighted by atomic mass is 19.1. The number of halogens is 1. The summed E-state index contributed by atoms with van der Waals surface area (Å²) in [7, 11) is 1.89. The Bertz CT molecular complexity index is 1310. The van der Waals surface area contributed by atoms with Crippen molar-refractivity contribution in [1.29, 1.82) is 0 Å². The Morgan fingerprint density at radius 2 is 2.10 bits per heavy atom. The maximum absolute atomic E-state index is 14.3. The number of rotatable bonds is 4. The molecule has 0 saturated carbocycles. The standard InChI is InChI=1S/C23H22FN3O4/c1-11-6-13-12(4-3-5-25-2)15-9-27-19(20(15)26-18(13)8-17(11)24)7-14-16(22(27)29)10-31-23(30)21(14)28/h6-8,21,25,28H,3-5,9-10H2,1-2H3/t21-/m0/s1. The molecule has 0 unspecified atom stereocenters. The molecule has 1 atom stereocenters. The molecule has 2 aromatic heterocycles. The third-order valence-corrected chi connectivity index (χ3v) is 6.21.